The summed E-state index contributed by atoms with van der Waals surface area (Å²) >= 11 is 0. The molecule has 0 aliphatic carbocycles. The Morgan fingerprint density at radius 2 is 1.06 bits per heavy atom. The first-order valence-electron chi connectivity index (χ1n) is 10.9. The molecular weight excluding hydrogens is 376 g/mol. The lowest BCUT2D eigenvalue weighted by Gasteiger charge is -2.13. The molecule has 0 bridgehead atoms. The molecule has 0 saturated carbocycles. The summed E-state index contributed by atoms with van der Waals surface area (Å²) in [7, 11) is 2.20. The number of fused-ring (bicyclic) bond motifs is 7. The summed E-state index contributed by atoms with van der Waals surface area (Å²) in [5.41, 5.74) is 11.6. The van der Waals surface area contributed by atoms with Gasteiger partial charge in [0.15, 0.2) is 0 Å². The molecule has 0 amide bonds. The molecule has 6 aromatic rings. The SMILES string of the molecule is Cc1ccc(-n2c3ccc(C)cc3c3ccc4c5cc(C)ccc5n(C)c4c32)c(C)c1. The monoisotopic (exact) mass is 402 g/mol. The van der Waals surface area contributed by atoms with Gasteiger partial charge in [0.05, 0.1) is 16.6 Å². The fraction of sp³-hybridized carbons (Fsp3) is 0.172. The summed E-state index contributed by atoms with van der Waals surface area (Å²) in [6.45, 7) is 8.74. The van der Waals surface area contributed by atoms with Crippen LogP contribution in [-0.2, 0) is 7.05 Å². The van der Waals surface area contributed by atoms with Crippen LogP contribution in [0.5, 0.6) is 0 Å². The first kappa shape index (κ1) is 18.3. The van der Waals surface area contributed by atoms with Crippen LogP contribution in [0.3, 0.4) is 0 Å². The Balaban J connectivity index is 1.92. The third-order valence-electron chi connectivity index (χ3n) is 6.79. The molecule has 4 aromatic carbocycles. The van der Waals surface area contributed by atoms with Crippen LogP contribution in [0.25, 0.3) is 49.3 Å². The third-order valence-corrected chi connectivity index (χ3v) is 6.79. The summed E-state index contributed by atoms with van der Waals surface area (Å²) in [6, 6.07) is 25.0. The minimum absolute atomic E-state index is 1.25. The minimum Gasteiger partial charge on any atom is -0.342 e. The number of aryl methyl sites for hydroxylation is 5. The molecule has 0 saturated heterocycles. The molecule has 6 rings (SSSR count). The largest absolute Gasteiger partial charge is 0.342 e. The van der Waals surface area contributed by atoms with Crippen LogP contribution in [0.15, 0.2) is 66.7 Å². The Hall–Kier alpha value is -3.52. The van der Waals surface area contributed by atoms with Gasteiger partial charge < -0.3 is 9.13 Å². The van der Waals surface area contributed by atoms with Crippen LogP contribution in [0.1, 0.15) is 22.3 Å². The van der Waals surface area contributed by atoms with Gasteiger partial charge in [-0.1, -0.05) is 53.1 Å². The zero-order valence-electron chi connectivity index (χ0n) is 18.7. The fourth-order valence-corrected chi connectivity index (χ4v) is 5.35. The molecule has 2 nitrogen and oxygen atoms in total. The molecule has 2 aromatic heterocycles. The van der Waals surface area contributed by atoms with Crippen LogP contribution in [0, 0.1) is 27.7 Å². The highest BCUT2D eigenvalue weighted by Gasteiger charge is 2.20. The van der Waals surface area contributed by atoms with Crippen molar-refractivity contribution in [2.24, 2.45) is 7.05 Å². The Labute approximate surface area is 182 Å². The minimum atomic E-state index is 1.25. The Bertz CT molecular complexity index is 1670. The zero-order valence-corrected chi connectivity index (χ0v) is 18.7. The predicted octanol–water partition coefficient (Wildman–Crippen LogP) is 7.66. The molecule has 152 valence electrons. The maximum Gasteiger partial charge on any atom is 0.0785 e. The third kappa shape index (κ3) is 2.45. The van der Waals surface area contributed by atoms with Crippen molar-refractivity contribution in [3.05, 3.63) is 89.0 Å². The van der Waals surface area contributed by atoms with E-state index in [4.69, 9.17) is 0 Å². The van der Waals surface area contributed by atoms with E-state index in [1.165, 1.54) is 71.6 Å². The Morgan fingerprint density at radius 3 is 1.74 bits per heavy atom. The Kier molecular flexibility index (Phi) is 3.68. The first-order valence-corrected chi connectivity index (χ1v) is 10.9. The maximum absolute atomic E-state index is 2.48. The average molecular weight is 403 g/mol. The predicted molar refractivity (Wildman–Crippen MR) is 134 cm³/mol. The van der Waals surface area contributed by atoms with Gasteiger partial charge in [0, 0.05) is 39.8 Å². The summed E-state index contributed by atoms with van der Waals surface area (Å²) in [4.78, 5) is 0. The standard InChI is InChI=1S/C29H26N2/c1-17-6-11-25(20(4)14-17)31-27-13-8-19(3)16-24(27)22-10-9-21-23-15-18(2)7-12-26(23)30(5)28(21)29(22)31/h6-16H,1-5H3. The van der Waals surface area contributed by atoms with Crippen molar-refractivity contribution in [1.82, 2.24) is 9.13 Å². The smallest absolute Gasteiger partial charge is 0.0785 e. The van der Waals surface area contributed by atoms with E-state index in [-0.39, 0.29) is 0 Å². The highest BCUT2D eigenvalue weighted by atomic mass is 15.0. The van der Waals surface area contributed by atoms with E-state index >= 15 is 0 Å². The lowest BCUT2D eigenvalue weighted by molar-refractivity contribution is 1.01. The maximum atomic E-state index is 2.48. The fourth-order valence-electron chi connectivity index (χ4n) is 5.35. The van der Waals surface area contributed by atoms with E-state index in [0.29, 0.717) is 0 Å². The van der Waals surface area contributed by atoms with Gasteiger partial charge in [-0.15, -0.1) is 0 Å². The van der Waals surface area contributed by atoms with Crippen molar-refractivity contribution in [3.63, 3.8) is 0 Å². The van der Waals surface area contributed by atoms with Crippen LogP contribution in [0.2, 0.25) is 0 Å². The highest BCUT2D eigenvalue weighted by molar-refractivity contribution is 6.23. The summed E-state index contributed by atoms with van der Waals surface area (Å²) < 4.78 is 4.85. The van der Waals surface area contributed by atoms with Crippen molar-refractivity contribution in [2.75, 3.05) is 0 Å². The normalized spacial score (nSPS) is 12.0. The van der Waals surface area contributed by atoms with Gasteiger partial charge in [0.25, 0.3) is 0 Å². The number of benzene rings is 4. The second-order valence-electron chi connectivity index (χ2n) is 9.08. The van der Waals surface area contributed by atoms with Crippen molar-refractivity contribution in [3.8, 4) is 5.69 Å². The molecule has 0 radical (unpaired) electrons. The van der Waals surface area contributed by atoms with Gasteiger partial charge in [-0.05, 0) is 63.6 Å². The molecular formula is C29H26N2. The van der Waals surface area contributed by atoms with Crippen molar-refractivity contribution in [2.45, 2.75) is 27.7 Å². The van der Waals surface area contributed by atoms with E-state index < -0.39 is 0 Å². The topological polar surface area (TPSA) is 9.86 Å². The van der Waals surface area contributed by atoms with E-state index in [1.54, 1.807) is 0 Å². The van der Waals surface area contributed by atoms with Gasteiger partial charge in [-0.3, -0.25) is 0 Å². The zero-order chi connectivity index (χ0) is 21.4. The Morgan fingerprint density at radius 1 is 0.516 bits per heavy atom. The summed E-state index contributed by atoms with van der Waals surface area (Å²) in [5, 5.41) is 5.28. The second kappa shape index (κ2) is 6.24. The van der Waals surface area contributed by atoms with Gasteiger partial charge in [0.2, 0.25) is 0 Å². The van der Waals surface area contributed by atoms with Crippen molar-refractivity contribution >= 4 is 43.6 Å². The molecule has 0 atom stereocenters. The number of hydrogen-bond donors (Lipinski definition) is 0. The van der Waals surface area contributed by atoms with Crippen molar-refractivity contribution in [1.29, 1.82) is 0 Å². The van der Waals surface area contributed by atoms with E-state index in [2.05, 4.69) is 111 Å². The molecule has 0 N–H and O–H groups in total. The van der Waals surface area contributed by atoms with E-state index in [0.717, 1.165) is 0 Å². The van der Waals surface area contributed by atoms with Gasteiger partial charge in [-0.2, -0.15) is 0 Å². The van der Waals surface area contributed by atoms with E-state index in [9.17, 15) is 0 Å². The molecule has 0 aliphatic rings. The van der Waals surface area contributed by atoms with Gasteiger partial charge in [-0.25, -0.2) is 0 Å². The number of hydrogen-bond acceptors (Lipinski definition) is 0. The quantitative estimate of drug-likeness (QED) is 0.267. The molecule has 0 spiro atoms. The summed E-state index contributed by atoms with van der Waals surface area (Å²) in [5.74, 6) is 0. The molecule has 0 fully saturated rings. The molecule has 2 heteroatoms. The van der Waals surface area contributed by atoms with Crippen molar-refractivity contribution < 1.29 is 0 Å². The van der Waals surface area contributed by atoms with Crippen LogP contribution in [0.4, 0.5) is 0 Å². The lowest BCUT2D eigenvalue weighted by Crippen LogP contribution is -1.99. The average Bonchev–Trinajstić information content (AvgIpc) is 3.20. The number of aromatic nitrogens is 2. The lowest BCUT2D eigenvalue weighted by atomic mass is 10.1. The number of rotatable bonds is 1. The highest BCUT2D eigenvalue weighted by Crippen LogP contribution is 2.40. The van der Waals surface area contributed by atoms with Crippen LogP contribution < -0.4 is 0 Å². The second-order valence-corrected chi connectivity index (χ2v) is 9.08. The van der Waals surface area contributed by atoms with E-state index in [1.807, 2.05) is 0 Å². The molecule has 0 unspecified atom stereocenters. The molecule has 2 heterocycles. The summed E-state index contributed by atoms with van der Waals surface area (Å²) in [6.07, 6.45) is 0. The van der Waals surface area contributed by atoms with Gasteiger partial charge >= 0.3 is 0 Å². The molecule has 31 heavy (non-hydrogen) atoms. The number of nitrogens with zero attached hydrogens (tertiary/aromatic N) is 2. The molecule has 0 aliphatic heterocycles. The van der Waals surface area contributed by atoms with Crippen LogP contribution >= 0.6 is 0 Å². The van der Waals surface area contributed by atoms with Crippen LogP contribution in [-0.4, -0.2) is 9.13 Å². The van der Waals surface area contributed by atoms with Gasteiger partial charge in [0.1, 0.15) is 0 Å². The first-order chi connectivity index (χ1) is 14.9.